The van der Waals surface area contributed by atoms with Crippen molar-refractivity contribution in [2.45, 2.75) is 126 Å². The van der Waals surface area contributed by atoms with Gasteiger partial charge < -0.3 is 34.8 Å². The fourth-order valence-electron chi connectivity index (χ4n) is 13.5. The van der Waals surface area contributed by atoms with Crippen LogP contribution in [0.1, 0.15) is 112 Å². The van der Waals surface area contributed by atoms with Gasteiger partial charge in [-0.1, -0.05) is 13.0 Å². The molecule has 0 spiro atoms. The van der Waals surface area contributed by atoms with Gasteiger partial charge in [0.2, 0.25) is 11.8 Å². The number of nitrogens with one attached hydrogen (secondary N) is 2. The lowest BCUT2D eigenvalue weighted by molar-refractivity contribution is -0.134. The number of carbonyl (C=O) groups excluding carboxylic acids is 2. The SMILES string of the molecule is CCc1c(F)ccc2cc(O)cc(-c3ncc4c(N5CC6CCC(C5)N6)nc(OCC5(CN6CCC(N7CCC(N8CCC(c9cc(F)c(C%10CCC(=O)NC%10=O)c(F)c9)CC8)CC7)CC6)CC5)nc4c3F)c12. The number of pyridine rings is 1. The Bertz CT molecular complexity index is 2920. The van der Waals surface area contributed by atoms with Gasteiger partial charge in [0.05, 0.1) is 17.9 Å². The number of benzene rings is 3. The van der Waals surface area contributed by atoms with Gasteiger partial charge in [-0.3, -0.25) is 19.9 Å². The third-order valence-corrected chi connectivity index (χ3v) is 17.7. The predicted octanol–water partition coefficient (Wildman–Crippen LogP) is 8.10. The molecule has 73 heavy (non-hydrogen) atoms. The smallest absolute Gasteiger partial charge is 0.319 e. The number of aromatic nitrogens is 3. The number of carbonyl (C=O) groups is 2. The van der Waals surface area contributed by atoms with E-state index in [-0.39, 0.29) is 52.7 Å². The summed E-state index contributed by atoms with van der Waals surface area (Å²) in [5.74, 6) is -3.91. The van der Waals surface area contributed by atoms with E-state index in [0.29, 0.717) is 75.9 Å². The topological polar surface area (TPSA) is 139 Å². The van der Waals surface area contributed by atoms with Crippen molar-refractivity contribution >= 4 is 39.3 Å². The Morgan fingerprint density at radius 2 is 1.47 bits per heavy atom. The van der Waals surface area contributed by atoms with Crippen LogP contribution < -0.4 is 20.3 Å². The highest BCUT2D eigenvalue weighted by Gasteiger charge is 2.46. The average molecular weight is 1000 g/mol. The molecule has 2 amide bonds. The molecule has 12 rings (SSSR count). The maximum atomic E-state index is 17.2. The molecule has 17 heteroatoms. The number of anilines is 1. The van der Waals surface area contributed by atoms with Gasteiger partial charge in [-0.25, -0.2) is 17.6 Å². The van der Waals surface area contributed by atoms with E-state index in [0.717, 1.165) is 123 Å². The minimum Gasteiger partial charge on any atom is -0.508 e. The number of hydrogen-bond donors (Lipinski definition) is 3. The zero-order valence-electron chi connectivity index (χ0n) is 41.6. The number of phenolic OH excluding ortho intramolecular Hbond substituents is 1. The fourth-order valence-corrected chi connectivity index (χ4v) is 13.5. The highest BCUT2D eigenvalue weighted by Crippen LogP contribution is 2.48. The minimum atomic E-state index is -0.990. The molecule has 3 unspecified atom stereocenters. The Kier molecular flexibility index (Phi) is 13.0. The quantitative estimate of drug-likeness (QED) is 0.0823. The number of rotatable bonds is 12. The van der Waals surface area contributed by atoms with Crippen molar-refractivity contribution in [1.29, 1.82) is 0 Å². The third kappa shape index (κ3) is 9.52. The molecule has 0 radical (unpaired) electrons. The number of likely N-dealkylation sites (tertiary alicyclic amines) is 3. The summed E-state index contributed by atoms with van der Waals surface area (Å²) in [6.45, 7) is 10.6. The van der Waals surface area contributed by atoms with Gasteiger partial charge in [-0.2, -0.15) is 9.97 Å². The minimum absolute atomic E-state index is 0.0126. The number of aryl methyl sites for hydroxylation is 1. The van der Waals surface area contributed by atoms with E-state index >= 15 is 17.6 Å². The third-order valence-electron chi connectivity index (χ3n) is 17.7. The average Bonchev–Trinajstić information content (AvgIpc) is 4.08. The van der Waals surface area contributed by atoms with Crippen LogP contribution >= 0.6 is 0 Å². The molecule has 2 bridgehead atoms. The number of nitrogens with zero attached hydrogens (tertiary/aromatic N) is 7. The van der Waals surface area contributed by atoms with E-state index in [4.69, 9.17) is 14.7 Å². The van der Waals surface area contributed by atoms with Crippen molar-refractivity contribution in [3.8, 4) is 23.0 Å². The Morgan fingerprint density at radius 1 is 0.795 bits per heavy atom. The zero-order chi connectivity index (χ0) is 50.1. The van der Waals surface area contributed by atoms with E-state index in [9.17, 15) is 14.7 Å². The Morgan fingerprint density at radius 3 is 2.12 bits per heavy atom. The molecule has 3 aromatic carbocycles. The van der Waals surface area contributed by atoms with Crippen molar-refractivity contribution in [2.24, 2.45) is 5.41 Å². The van der Waals surface area contributed by atoms with E-state index in [2.05, 4.69) is 35.2 Å². The summed E-state index contributed by atoms with van der Waals surface area (Å²) in [4.78, 5) is 48.4. The monoisotopic (exact) mass is 1000 g/mol. The number of piperidine rings is 4. The van der Waals surface area contributed by atoms with Gasteiger partial charge >= 0.3 is 6.01 Å². The van der Waals surface area contributed by atoms with Crippen molar-refractivity contribution in [1.82, 2.24) is 40.3 Å². The first-order chi connectivity index (χ1) is 35.4. The van der Waals surface area contributed by atoms with E-state index in [1.807, 2.05) is 6.92 Å². The highest BCUT2D eigenvalue weighted by atomic mass is 19.1. The first kappa shape index (κ1) is 48.4. The lowest BCUT2D eigenvalue weighted by atomic mass is 9.84. The molecule has 3 N–H and O–H groups in total. The molecule has 2 aromatic heterocycles. The number of phenols is 1. The predicted molar refractivity (Wildman–Crippen MR) is 270 cm³/mol. The van der Waals surface area contributed by atoms with Crippen molar-refractivity contribution in [3.63, 3.8) is 0 Å². The lowest BCUT2D eigenvalue weighted by Gasteiger charge is -2.45. The van der Waals surface area contributed by atoms with Crippen LogP contribution in [0.25, 0.3) is 32.9 Å². The molecule has 6 saturated heterocycles. The Labute approximate surface area is 423 Å². The number of hydrogen-bond acceptors (Lipinski definition) is 12. The molecule has 7 fully saturated rings. The number of imide groups is 1. The zero-order valence-corrected chi connectivity index (χ0v) is 41.6. The number of ether oxygens (including phenoxy) is 1. The number of amides is 2. The van der Waals surface area contributed by atoms with Crippen molar-refractivity contribution in [3.05, 3.63) is 82.6 Å². The molecule has 6 aliphatic heterocycles. The van der Waals surface area contributed by atoms with Crippen LogP contribution in [-0.2, 0) is 16.0 Å². The molecule has 5 aromatic rings. The van der Waals surface area contributed by atoms with Crippen LogP contribution in [0.3, 0.4) is 0 Å². The number of halogens is 4. The van der Waals surface area contributed by atoms with Crippen LogP contribution in [-0.4, -0.2) is 136 Å². The summed E-state index contributed by atoms with van der Waals surface area (Å²) in [5, 5.41) is 18.3. The van der Waals surface area contributed by atoms with Gasteiger partial charge in [0.25, 0.3) is 0 Å². The summed E-state index contributed by atoms with van der Waals surface area (Å²) >= 11 is 0. The molecule has 1 saturated carbocycles. The normalized spacial score (nSPS) is 24.7. The van der Waals surface area contributed by atoms with Crippen LogP contribution in [0.4, 0.5) is 23.4 Å². The lowest BCUT2D eigenvalue weighted by Crippen LogP contribution is -2.52. The van der Waals surface area contributed by atoms with Crippen molar-refractivity contribution in [2.75, 3.05) is 70.4 Å². The summed E-state index contributed by atoms with van der Waals surface area (Å²) in [6.07, 6.45) is 12.5. The molecule has 13 nitrogen and oxygen atoms in total. The Balaban J connectivity index is 0.664. The second kappa shape index (κ2) is 19.7. The Hall–Kier alpha value is -5.49. The van der Waals surface area contributed by atoms with E-state index in [1.165, 1.54) is 24.3 Å². The summed E-state index contributed by atoms with van der Waals surface area (Å²) in [5.41, 5.74) is 1.20. The number of fused-ring (bicyclic) bond motifs is 4. The molecule has 8 heterocycles. The first-order valence-electron chi connectivity index (χ1n) is 26.9. The summed E-state index contributed by atoms with van der Waals surface area (Å²) in [6, 6.07) is 10.6. The van der Waals surface area contributed by atoms with Crippen molar-refractivity contribution < 1.29 is 37.0 Å². The van der Waals surface area contributed by atoms with Crippen LogP contribution in [0.2, 0.25) is 0 Å². The van der Waals surface area contributed by atoms with Gasteiger partial charge in [-0.05, 0) is 174 Å². The van der Waals surface area contributed by atoms with Crippen LogP contribution in [0.5, 0.6) is 11.8 Å². The molecule has 386 valence electrons. The van der Waals surface area contributed by atoms with Gasteiger partial charge in [0, 0.05) is 73.0 Å². The second-order valence-electron chi connectivity index (χ2n) is 22.3. The standard InChI is InChI=1S/C56H65F4N9O4/c1-2-40-44(57)7-3-33-23-39(70)26-42(48(33)40)51-50(60)52-43(27-61-51)53(69-28-35-4-5-36(29-69)62-35)65-55(64-52)73-31-56(15-16-56)30-66-17-11-37(12-18-66)68-21-13-38(14-22-68)67-19-9-32(10-20-67)34-24-45(58)49(46(59)25-34)41-6-8-47(71)63-54(41)72/h3,7,23-27,32,35-38,41,62,70H,2,4-6,8-22,28-31H2,1H3,(H,63,71,72). The second-order valence-corrected chi connectivity index (χ2v) is 22.3. The summed E-state index contributed by atoms with van der Waals surface area (Å²) < 4.78 is 69.6. The highest BCUT2D eigenvalue weighted by molar-refractivity contribution is 6.02. The largest absolute Gasteiger partial charge is 0.508 e. The van der Waals surface area contributed by atoms with Gasteiger partial charge in [-0.15, -0.1) is 0 Å². The fraction of sp³-hybridized carbons (Fsp3) is 0.554. The summed E-state index contributed by atoms with van der Waals surface area (Å²) in [7, 11) is 0. The molecular weight excluding hydrogens is 939 g/mol. The maximum Gasteiger partial charge on any atom is 0.319 e. The van der Waals surface area contributed by atoms with Gasteiger partial charge in [0.15, 0.2) is 5.82 Å². The maximum absolute atomic E-state index is 17.2. The molecule has 7 aliphatic rings. The molecular formula is C56H65F4N9O4. The molecule has 3 atom stereocenters. The number of aromatic hydroxyl groups is 1. The van der Waals surface area contributed by atoms with Crippen LogP contribution in [0, 0.1) is 28.7 Å². The first-order valence-corrected chi connectivity index (χ1v) is 26.9. The van der Waals surface area contributed by atoms with Crippen LogP contribution in [0.15, 0.2) is 42.6 Å². The number of piperazine rings is 1. The van der Waals surface area contributed by atoms with E-state index < -0.39 is 41.0 Å². The van der Waals surface area contributed by atoms with Gasteiger partial charge in [0.1, 0.15) is 40.2 Å². The van der Waals surface area contributed by atoms with E-state index in [1.54, 1.807) is 18.3 Å². The molecule has 1 aliphatic carbocycles.